The normalized spacial score (nSPS) is 12.9. The summed E-state index contributed by atoms with van der Waals surface area (Å²) in [7, 11) is -3.95. The number of rotatable bonds is 7. The smallest absolute Gasteiger partial charge is 0.324 e. The Balaban J connectivity index is 3.32. The summed E-state index contributed by atoms with van der Waals surface area (Å²) in [6.45, 7) is 8.79. The van der Waals surface area contributed by atoms with Gasteiger partial charge in [-0.15, -0.1) is 0 Å². The van der Waals surface area contributed by atoms with E-state index >= 15 is 0 Å². The third kappa shape index (κ3) is 3.26. The fourth-order valence-electron chi connectivity index (χ4n) is 2.16. The molecule has 0 aliphatic rings. The van der Waals surface area contributed by atoms with E-state index in [1.54, 1.807) is 18.4 Å². The molecule has 8 heteroatoms. The topological polar surface area (TPSA) is 92.5 Å². The van der Waals surface area contributed by atoms with Gasteiger partial charge in [0.2, 0.25) is 0 Å². The molecule has 7 nitrogen and oxygen atoms in total. The summed E-state index contributed by atoms with van der Waals surface area (Å²) in [5.41, 5.74) is -1.53. The van der Waals surface area contributed by atoms with Crippen molar-refractivity contribution in [1.29, 1.82) is 0 Å². The highest BCUT2D eigenvalue weighted by molar-refractivity contribution is 7.89. The van der Waals surface area contributed by atoms with Crippen LogP contribution >= 0.6 is 0 Å². The van der Waals surface area contributed by atoms with Gasteiger partial charge in [0.25, 0.3) is 10.0 Å². The van der Waals surface area contributed by atoms with Gasteiger partial charge in [0, 0.05) is 19.3 Å². The Hall–Kier alpha value is -1.41. The first kappa shape index (κ1) is 17.6. The summed E-state index contributed by atoms with van der Waals surface area (Å²) in [5, 5.41) is 9.16. The van der Waals surface area contributed by atoms with Gasteiger partial charge in [-0.25, -0.2) is 13.4 Å². The highest BCUT2D eigenvalue weighted by Crippen LogP contribution is 2.24. The van der Waals surface area contributed by atoms with Gasteiger partial charge in [-0.05, 0) is 27.2 Å². The summed E-state index contributed by atoms with van der Waals surface area (Å²) in [6.07, 6.45) is 2.32. The first-order valence-corrected chi connectivity index (χ1v) is 8.33. The van der Waals surface area contributed by atoms with Crippen LogP contribution in [-0.2, 0) is 21.4 Å². The van der Waals surface area contributed by atoms with Crippen LogP contribution in [-0.4, -0.2) is 45.4 Å². The fourth-order valence-corrected chi connectivity index (χ4v) is 3.91. The molecule has 0 fully saturated rings. The quantitative estimate of drug-likeness (QED) is 0.822. The van der Waals surface area contributed by atoms with Crippen molar-refractivity contribution in [2.24, 2.45) is 0 Å². The molecule has 0 spiro atoms. The van der Waals surface area contributed by atoms with Crippen LogP contribution in [0.4, 0.5) is 0 Å². The summed E-state index contributed by atoms with van der Waals surface area (Å²) in [5.74, 6) is -0.600. The van der Waals surface area contributed by atoms with Gasteiger partial charge in [-0.3, -0.25) is 4.79 Å². The van der Waals surface area contributed by atoms with Gasteiger partial charge < -0.3 is 9.67 Å². The lowest BCUT2D eigenvalue weighted by molar-refractivity contribution is -0.146. The zero-order chi connectivity index (χ0) is 16.4. The predicted octanol–water partition coefficient (Wildman–Crippen LogP) is 1.48. The van der Waals surface area contributed by atoms with E-state index in [0.29, 0.717) is 12.4 Å². The highest BCUT2D eigenvalue weighted by Gasteiger charge is 2.42. The van der Waals surface area contributed by atoms with Crippen molar-refractivity contribution in [2.45, 2.75) is 58.1 Å². The number of aromatic nitrogens is 2. The Kier molecular flexibility index (Phi) is 5.16. The van der Waals surface area contributed by atoms with Crippen LogP contribution in [0.2, 0.25) is 0 Å². The van der Waals surface area contributed by atoms with E-state index in [9.17, 15) is 18.3 Å². The molecule has 0 atom stereocenters. The van der Waals surface area contributed by atoms with E-state index in [0.717, 1.165) is 10.7 Å². The molecule has 1 aromatic rings. The van der Waals surface area contributed by atoms with Crippen LogP contribution in [0.5, 0.6) is 0 Å². The Bertz CT molecular complexity index is 619. The van der Waals surface area contributed by atoms with Crippen molar-refractivity contribution in [3.63, 3.8) is 0 Å². The second-order valence-corrected chi connectivity index (χ2v) is 7.16. The minimum atomic E-state index is -3.95. The Morgan fingerprint density at radius 2 is 2.00 bits per heavy atom. The summed E-state index contributed by atoms with van der Waals surface area (Å²) in [6, 6.07) is 0. The molecule has 1 aromatic heterocycles. The van der Waals surface area contributed by atoms with Crippen LogP contribution < -0.4 is 0 Å². The molecule has 120 valence electrons. The number of carboxylic acid groups (broad SMARTS) is 1. The zero-order valence-corrected chi connectivity index (χ0v) is 13.9. The Morgan fingerprint density at radius 3 is 2.43 bits per heavy atom. The van der Waals surface area contributed by atoms with Crippen LogP contribution in [0.1, 0.15) is 39.9 Å². The molecule has 1 rings (SSSR count). The number of hydrogen-bond donors (Lipinski definition) is 1. The number of hydrogen-bond acceptors (Lipinski definition) is 4. The largest absolute Gasteiger partial charge is 0.480 e. The highest BCUT2D eigenvalue weighted by atomic mass is 32.2. The van der Waals surface area contributed by atoms with Crippen molar-refractivity contribution in [2.75, 3.05) is 6.54 Å². The maximum atomic E-state index is 12.7. The number of carboxylic acids is 1. The van der Waals surface area contributed by atoms with Gasteiger partial charge in [0.15, 0.2) is 5.03 Å². The molecule has 0 aliphatic carbocycles. The molecular weight excluding hydrogens is 294 g/mol. The van der Waals surface area contributed by atoms with Crippen molar-refractivity contribution in [1.82, 2.24) is 13.9 Å². The number of aryl methyl sites for hydroxylation is 2. The van der Waals surface area contributed by atoms with Gasteiger partial charge in [-0.2, -0.15) is 4.31 Å². The van der Waals surface area contributed by atoms with E-state index in [2.05, 4.69) is 4.98 Å². The van der Waals surface area contributed by atoms with Gasteiger partial charge >= 0.3 is 5.97 Å². The Labute approximate surface area is 125 Å². The van der Waals surface area contributed by atoms with Crippen LogP contribution in [0.25, 0.3) is 0 Å². The zero-order valence-electron chi connectivity index (χ0n) is 13.1. The maximum Gasteiger partial charge on any atom is 0.324 e. The molecule has 0 aliphatic heterocycles. The number of carbonyl (C=O) groups is 1. The second-order valence-electron chi connectivity index (χ2n) is 5.35. The van der Waals surface area contributed by atoms with Crippen LogP contribution in [0, 0.1) is 6.92 Å². The standard InChI is InChI=1S/C13H23N3O4S/c1-6-8-15-9-11(14-10(15)3)21(19,20)16(7-2)13(4,5)12(17)18/h9H,6-8H2,1-5H3,(H,17,18). The molecule has 0 unspecified atom stereocenters. The van der Waals surface area contributed by atoms with E-state index in [4.69, 9.17) is 0 Å². The number of imidazole rings is 1. The molecule has 1 heterocycles. The van der Waals surface area contributed by atoms with Crippen LogP contribution in [0.3, 0.4) is 0 Å². The first-order chi connectivity index (χ1) is 9.58. The summed E-state index contributed by atoms with van der Waals surface area (Å²) < 4.78 is 28.1. The molecule has 0 bridgehead atoms. The molecule has 21 heavy (non-hydrogen) atoms. The predicted molar refractivity (Wildman–Crippen MR) is 78.5 cm³/mol. The monoisotopic (exact) mass is 317 g/mol. The SMILES string of the molecule is CCCn1cc(S(=O)(=O)N(CC)C(C)(C)C(=O)O)nc1C. The molecule has 0 aromatic carbocycles. The summed E-state index contributed by atoms with van der Waals surface area (Å²) >= 11 is 0. The molecular formula is C13H23N3O4S. The van der Waals surface area contributed by atoms with E-state index < -0.39 is 21.5 Å². The van der Waals surface area contributed by atoms with E-state index in [-0.39, 0.29) is 11.6 Å². The molecule has 0 saturated heterocycles. The van der Waals surface area contributed by atoms with Crippen LogP contribution in [0.15, 0.2) is 11.2 Å². The van der Waals surface area contributed by atoms with E-state index in [1.807, 2.05) is 6.92 Å². The minimum Gasteiger partial charge on any atom is -0.480 e. The molecule has 0 saturated carbocycles. The number of sulfonamides is 1. The number of nitrogens with zero attached hydrogens (tertiary/aromatic N) is 3. The van der Waals surface area contributed by atoms with Crippen molar-refractivity contribution in [3.05, 3.63) is 12.0 Å². The van der Waals surface area contributed by atoms with E-state index in [1.165, 1.54) is 20.0 Å². The average Bonchev–Trinajstić information content (AvgIpc) is 2.72. The minimum absolute atomic E-state index is 0.0569. The second kappa shape index (κ2) is 6.15. The average molecular weight is 317 g/mol. The lowest BCUT2D eigenvalue weighted by Crippen LogP contribution is -2.52. The first-order valence-electron chi connectivity index (χ1n) is 6.89. The van der Waals surface area contributed by atoms with Crippen molar-refractivity contribution in [3.8, 4) is 0 Å². The van der Waals surface area contributed by atoms with Gasteiger partial charge in [0.1, 0.15) is 11.4 Å². The van der Waals surface area contributed by atoms with Gasteiger partial charge in [0.05, 0.1) is 0 Å². The number of likely N-dealkylation sites (N-methyl/N-ethyl adjacent to an activating group) is 1. The molecule has 0 radical (unpaired) electrons. The summed E-state index contributed by atoms with van der Waals surface area (Å²) in [4.78, 5) is 15.4. The Morgan fingerprint density at radius 1 is 1.43 bits per heavy atom. The number of aliphatic carboxylic acids is 1. The van der Waals surface area contributed by atoms with Crippen molar-refractivity contribution >= 4 is 16.0 Å². The lowest BCUT2D eigenvalue weighted by Gasteiger charge is -2.32. The fraction of sp³-hybridized carbons (Fsp3) is 0.692. The third-order valence-corrected chi connectivity index (χ3v) is 5.43. The van der Waals surface area contributed by atoms with Gasteiger partial charge in [-0.1, -0.05) is 13.8 Å². The molecule has 1 N–H and O–H groups in total. The maximum absolute atomic E-state index is 12.7. The van der Waals surface area contributed by atoms with Crippen molar-refractivity contribution < 1.29 is 18.3 Å². The lowest BCUT2D eigenvalue weighted by atomic mass is 10.1. The molecule has 0 amide bonds. The third-order valence-electron chi connectivity index (χ3n) is 3.41.